The molecule has 7 aromatic heterocycles. The van der Waals surface area contributed by atoms with Gasteiger partial charge in [-0.25, -0.2) is 0 Å². The van der Waals surface area contributed by atoms with E-state index in [1.807, 2.05) is 34.0 Å². The van der Waals surface area contributed by atoms with Gasteiger partial charge < -0.3 is 0 Å². The summed E-state index contributed by atoms with van der Waals surface area (Å²) in [5.41, 5.74) is 13.3. The standard InChI is InChI=1S/C76H43N5S3/c1-7-19-62-50(13-1)53-31-25-44(47-28-34-59-56-16-4-10-22-68(56)82-71(59)40-47)37-65(53)79(62)74-43-75(80-63-20-8-2-14-51(63)54-32-26-45(38-66(54)80)48-29-35-60-57-17-5-11-23-69(57)83-72(60)41-48)78-76(77-74)81-64-21-9-3-15-52(64)55-33-27-46(39-67(55)81)49-30-36-61-58-18-6-12-24-70(58)84-73(61)42-49/h1-43H. The lowest BCUT2D eigenvalue weighted by Gasteiger charge is -2.16. The second-order valence-corrected chi connectivity index (χ2v) is 25.3. The quantitative estimate of drug-likeness (QED) is 0.166. The summed E-state index contributed by atoms with van der Waals surface area (Å²) in [7, 11) is 0. The Morgan fingerprint density at radius 3 is 0.833 bits per heavy atom. The molecule has 12 aromatic carbocycles. The predicted octanol–water partition coefficient (Wildman–Crippen LogP) is 21.9. The Bertz CT molecular complexity index is 5430. The van der Waals surface area contributed by atoms with Crippen LogP contribution in [-0.4, -0.2) is 23.7 Å². The van der Waals surface area contributed by atoms with E-state index < -0.39 is 0 Å². The van der Waals surface area contributed by atoms with Crippen molar-refractivity contribution in [2.24, 2.45) is 0 Å². The van der Waals surface area contributed by atoms with E-state index in [1.54, 1.807) is 0 Å². The molecule has 0 aliphatic carbocycles. The summed E-state index contributed by atoms with van der Waals surface area (Å²) in [5.74, 6) is 2.13. The van der Waals surface area contributed by atoms with E-state index in [0.29, 0.717) is 5.95 Å². The van der Waals surface area contributed by atoms with Gasteiger partial charge in [0.1, 0.15) is 11.6 Å². The molecule has 0 N–H and O–H groups in total. The Balaban J connectivity index is 0.877. The summed E-state index contributed by atoms with van der Waals surface area (Å²) in [5, 5.41) is 14.7. The third-order valence-electron chi connectivity index (χ3n) is 17.5. The molecule has 0 aliphatic rings. The molecule has 0 saturated carbocycles. The highest BCUT2D eigenvalue weighted by molar-refractivity contribution is 7.26. The fourth-order valence-electron chi connectivity index (χ4n) is 13.6. The lowest BCUT2D eigenvalue weighted by atomic mass is 10.0. The molecule has 19 rings (SSSR count). The van der Waals surface area contributed by atoms with Crippen LogP contribution in [0.4, 0.5) is 0 Å². The molecule has 0 aliphatic heterocycles. The van der Waals surface area contributed by atoms with Crippen molar-refractivity contribution in [1.82, 2.24) is 23.7 Å². The summed E-state index contributed by atoms with van der Waals surface area (Å²) in [6, 6.07) is 96.3. The zero-order valence-corrected chi connectivity index (χ0v) is 47.2. The van der Waals surface area contributed by atoms with Crippen molar-refractivity contribution in [3.05, 3.63) is 261 Å². The van der Waals surface area contributed by atoms with Crippen LogP contribution in [0.2, 0.25) is 0 Å². The molecule has 5 nitrogen and oxygen atoms in total. The molecule has 0 bridgehead atoms. The Labute approximate surface area is 492 Å². The van der Waals surface area contributed by atoms with E-state index in [0.717, 1.165) is 93.7 Å². The van der Waals surface area contributed by atoms with Gasteiger partial charge in [-0.15, -0.1) is 34.0 Å². The Hall–Kier alpha value is -10.2. The van der Waals surface area contributed by atoms with Crippen molar-refractivity contribution in [1.29, 1.82) is 0 Å². The first-order valence-electron chi connectivity index (χ1n) is 28.4. The number of fused-ring (bicyclic) bond motifs is 18. The molecule has 0 unspecified atom stereocenters. The highest BCUT2D eigenvalue weighted by Crippen LogP contribution is 2.44. The fourth-order valence-corrected chi connectivity index (χ4v) is 17.1. The molecule has 0 saturated heterocycles. The molecule has 8 heteroatoms. The van der Waals surface area contributed by atoms with Crippen LogP contribution in [0.15, 0.2) is 261 Å². The number of nitrogens with zero attached hydrogens (tertiary/aromatic N) is 5. The van der Waals surface area contributed by atoms with Crippen molar-refractivity contribution in [3.63, 3.8) is 0 Å². The first kappa shape index (κ1) is 46.4. The number of hydrogen-bond donors (Lipinski definition) is 0. The van der Waals surface area contributed by atoms with Gasteiger partial charge in [-0.05, 0) is 106 Å². The van der Waals surface area contributed by atoms with Crippen molar-refractivity contribution in [3.8, 4) is 51.0 Å². The van der Waals surface area contributed by atoms with Crippen LogP contribution < -0.4 is 0 Å². The Morgan fingerprint density at radius 2 is 0.464 bits per heavy atom. The maximum Gasteiger partial charge on any atom is 0.238 e. The van der Waals surface area contributed by atoms with Gasteiger partial charge in [-0.2, -0.15) is 9.97 Å². The van der Waals surface area contributed by atoms with Crippen molar-refractivity contribution < 1.29 is 0 Å². The Morgan fingerprint density at radius 1 is 0.202 bits per heavy atom. The summed E-state index contributed by atoms with van der Waals surface area (Å²) in [6.45, 7) is 0. The normalized spacial score (nSPS) is 12.3. The zero-order valence-electron chi connectivity index (χ0n) is 44.8. The van der Waals surface area contributed by atoms with E-state index >= 15 is 0 Å². The summed E-state index contributed by atoms with van der Waals surface area (Å²) >= 11 is 5.57. The fraction of sp³-hybridized carbons (Fsp3) is 0. The van der Waals surface area contributed by atoms with Crippen molar-refractivity contribution >= 4 is 160 Å². The highest BCUT2D eigenvalue weighted by atomic mass is 32.1. The van der Waals surface area contributed by atoms with Crippen LogP contribution in [0.5, 0.6) is 0 Å². The third kappa shape index (κ3) is 6.81. The number of rotatable bonds is 6. The SMILES string of the molecule is c1ccc2c(c1)sc1cc(-c3ccc4c5ccccc5n(-c5cc(-n6c7ccccc7c7ccc(-c8ccc9c(c8)sc8ccccc89)cc76)nc(-n6c7ccccc7c7ccc(-c8ccc9c(c8)sc8ccccc89)cc76)n5)c4c3)ccc12. The molecule has 84 heavy (non-hydrogen) atoms. The smallest absolute Gasteiger partial charge is 0.238 e. The van der Waals surface area contributed by atoms with E-state index in [2.05, 4.69) is 275 Å². The maximum absolute atomic E-state index is 5.84. The number of aromatic nitrogens is 5. The molecule has 0 atom stereocenters. The van der Waals surface area contributed by atoms with Gasteiger partial charge in [0.05, 0.1) is 33.1 Å². The molecular formula is C76H43N5S3. The van der Waals surface area contributed by atoms with Gasteiger partial charge >= 0.3 is 0 Å². The van der Waals surface area contributed by atoms with Crippen LogP contribution in [0, 0.1) is 0 Å². The second-order valence-electron chi connectivity index (χ2n) is 22.1. The van der Waals surface area contributed by atoms with Crippen LogP contribution >= 0.6 is 34.0 Å². The number of thiophene rings is 3. The van der Waals surface area contributed by atoms with Gasteiger partial charge in [0.15, 0.2) is 0 Å². The predicted molar refractivity (Wildman–Crippen MR) is 360 cm³/mol. The van der Waals surface area contributed by atoms with E-state index in [-0.39, 0.29) is 0 Å². The lowest BCUT2D eigenvalue weighted by molar-refractivity contribution is 0.918. The van der Waals surface area contributed by atoms with Crippen molar-refractivity contribution in [2.75, 3.05) is 0 Å². The van der Waals surface area contributed by atoms with Crippen LogP contribution in [0.1, 0.15) is 0 Å². The highest BCUT2D eigenvalue weighted by Gasteiger charge is 2.24. The summed E-state index contributed by atoms with van der Waals surface area (Å²) in [6.07, 6.45) is 0. The average Bonchev–Trinajstić information content (AvgIpc) is 2.96. The molecule has 0 fully saturated rings. The second kappa shape index (κ2) is 17.6. The van der Waals surface area contributed by atoms with Crippen LogP contribution in [-0.2, 0) is 0 Å². The molecule has 0 spiro atoms. The van der Waals surface area contributed by atoms with Gasteiger partial charge in [0.2, 0.25) is 5.95 Å². The monoisotopic (exact) mass is 1120 g/mol. The van der Waals surface area contributed by atoms with E-state index in [4.69, 9.17) is 9.97 Å². The molecule has 7 heterocycles. The first-order chi connectivity index (χ1) is 41.6. The van der Waals surface area contributed by atoms with E-state index in [1.165, 1.54) is 77.2 Å². The topological polar surface area (TPSA) is 40.6 Å². The number of hydrogen-bond acceptors (Lipinski definition) is 5. The molecule has 0 amide bonds. The number of benzene rings is 12. The van der Waals surface area contributed by atoms with Crippen molar-refractivity contribution in [2.45, 2.75) is 0 Å². The van der Waals surface area contributed by atoms with Gasteiger partial charge in [-0.1, -0.05) is 182 Å². The Kier molecular flexibility index (Phi) is 9.75. The molecule has 0 radical (unpaired) electrons. The minimum atomic E-state index is 0.584. The van der Waals surface area contributed by atoms with Crippen LogP contribution in [0.3, 0.4) is 0 Å². The third-order valence-corrected chi connectivity index (χ3v) is 20.9. The molecule has 390 valence electrons. The summed E-state index contributed by atoms with van der Waals surface area (Å²) in [4.78, 5) is 11.7. The maximum atomic E-state index is 5.84. The number of para-hydroxylation sites is 3. The minimum absolute atomic E-state index is 0.584. The molecular weight excluding hydrogens is 1080 g/mol. The largest absolute Gasteiger partial charge is 0.294 e. The summed E-state index contributed by atoms with van der Waals surface area (Å²) < 4.78 is 14.8. The average molecular weight is 1120 g/mol. The zero-order chi connectivity index (χ0) is 54.7. The van der Waals surface area contributed by atoms with Gasteiger partial charge in [0, 0.05) is 98.9 Å². The van der Waals surface area contributed by atoms with Gasteiger partial charge in [0.25, 0.3) is 0 Å². The van der Waals surface area contributed by atoms with Crippen LogP contribution in [0.25, 0.3) is 177 Å². The van der Waals surface area contributed by atoms with Gasteiger partial charge in [-0.3, -0.25) is 13.7 Å². The lowest BCUT2D eigenvalue weighted by Crippen LogP contribution is -2.10. The van der Waals surface area contributed by atoms with E-state index in [9.17, 15) is 0 Å². The first-order valence-corrected chi connectivity index (χ1v) is 30.8. The minimum Gasteiger partial charge on any atom is -0.294 e. The molecule has 19 aromatic rings.